The smallest absolute Gasteiger partial charge is 0.235 e. The molecule has 0 radical (unpaired) electrons. The van der Waals surface area contributed by atoms with Crippen LogP contribution in [-0.2, 0) is 0 Å². The minimum atomic E-state index is -0.335. The first-order valence-corrected chi connectivity index (χ1v) is 7.58. The Morgan fingerprint density at radius 3 is 3.00 bits per heavy atom. The molecule has 0 aliphatic carbocycles. The molecule has 104 valence electrons. The van der Waals surface area contributed by atoms with Gasteiger partial charge in [-0.25, -0.2) is 0 Å². The molecular weight excluding hydrogens is 308 g/mol. The number of hydrogen-bond donors (Lipinski definition) is 0. The van der Waals surface area contributed by atoms with Gasteiger partial charge in [0, 0.05) is 10.6 Å². The number of benzene rings is 1. The van der Waals surface area contributed by atoms with Crippen LogP contribution in [0, 0.1) is 0 Å². The summed E-state index contributed by atoms with van der Waals surface area (Å²) in [6.07, 6.45) is 1.34. The molecule has 0 spiro atoms. The average molecular weight is 317 g/mol. The van der Waals surface area contributed by atoms with Gasteiger partial charge in [0.15, 0.2) is 5.76 Å². The van der Waals surface area contributed by atoms with Crippen molar-refractivity contribution in [2.45, 2.75) is 6.10 Å². The lowest BCUT2D eigenvalue weighted by Crippen LogP contribution is -2.17. The molecule has 0 bridgehead atoms. The minimum absolute atomic E-state index is 0.209. The number of halogens is 1. The van der Waals surface area contributed by atoms with E-state index in [-0.39, 0.29) is 17.3 Å². The zero-order valence-corrected chi connectivity index (χ0v) is 12.3. The highest BCUT2D eigenvalue weighted by atomic mass is 35.5. The Morgan fingerprint density at radius 2 is 2.19 bits per heavy atom. The summed E-state index contributed by atoms with van der Waals surface area (Å²) in [6, 6.07) is 6.96. The van der Waals surface area contributed by atoms with Gasteiger partial charge in [-0.1, -0.05) is 18.2 Å². The van der Waals surface area contributed by atoms with Crippen LogP contribution in [0.3, 0.4) is 0 Å². The Balaban J connectivity index is 2.11. The highest BCUT2D eigenvalue weighted by Gasteiger charge is 2.30. The van der Waals surface area contributed by atoms with E-state index in [1.807, 2.05) is 11.4 Å². The van der Waals surface area contributed by atoms with Crippen LogP contribution in [0.2, 0.25) is 5.02 Å². The molecule has 3 nitrogen and oxygen atoms in total. The van der Waals surface area contributed by atoms with Gasteiger partial charge in [0.1, 0.15) is 11.7 Å². The van der Waals surface area contributed by atoms with Gasteiger partial charge in [-0.3, -0.25) is 4.79 Å². The van der Waals surface area contributed by atoms with E-state index >= 15 is 0 Å². The zero-order chi connectivity index (χ0) is 14.6. The second-order valence-electron chi connectivity index (χ2n) is 4.71. The van der Waals surface area contributed by atoms with Crippen LogP contribution >= 0.6 is 22.9 Å². The Kier molecular flexibility index (Phi) is 2.71. The van der Waals surface area contributed by atoms with Gasteiger partial charge in [0.05, 0.1) is 10.3 Å². The molecule has 0 amide bonds. The van der Waals surface area contributed by atoms with Crippen LogP contribution in [-0.4, -0.2) is 0 Å². The van der Waals surface area contributed by atoms with Gasteiger partial charge in [0.25, 0.3) is 0 Å². The van der Waals surface area contributed by atoms with Crippen molar-refractivity contribution in [3.63, 3.8) is 0 Å². The van der Waals surface area contributed by atoms with Crippen molar-refractivity contribution >= 4 is 33.9 Å². The second-order valence-corrected chi connectivity index (χ2v) is 6.06. The van der Waals surface area contributed by atoms with Crippen LogP contribution in [0.25, 0.3) is 21.6 Å². The summed E-state index contributed by atoms with van der Waals surface area (Å²) >= 11 is 7.48. The summed E-state index contributed by atoms with van der Waals surface area (Å²) in [5.74, 6) is 0.711. The molecule has 1 aliphatic rings. The lowest BCUT2D eigenvalue weighted by atomic mass is 10.0. The number of hydrogen-bond acceptors (Lipinski definition) is 4. The Morgan fingerprint density at radius 1 is 1.33 bits per heavy atom. The fourth-order valence-electron chi connectivity index (χ4n) is 2.50. The van der Waals surface area contributed by atoms with Crippen molar-refractivity contribution in [1.29, 1.82) is 0 Å². The molecule has 5 heteroatoms. The van der Waals surface area contributed by atoms with E-state index in [0.29, 0.717) is 21.8 Å². The van der Waals surface area contributed by atoms with Crippen molar-refractivity contribution in [3.8, 4) is 16.4 Å². The Labute approximate surface area is 129 Å². The lowest BCUT2D eigenvalue weighted by Gasteiger charge is -2.22. The molecule has 1 aliphatic heterocycles. The maximum absolute atomic E-state index is 12.6. The summed E-state index contributed by atoms with van der Waals surface area (Å²) in [5, 5.41) is 2.86. The van der Waals surface area contributed by atoms with Crippen molar-refractivity contribution in [3.05, 3.63) is 63.1 Å². The van der Waals surface area contributed by atoms with Crippen molar-refractivity contribution < 1.29 is 9.15 Å². The predicted octanol–water partition coefficient (Wildman–Crippen LogP) is 4.79. The summed E-state index contributed by atoms with van der Waals surface area (Å²) in [5.41, 5.74) is 1.27. The molecule has 1 aromatic carbocycles. The van der Waals surface area contributed by atoms with Gasteiger partial charge in [-0.2, -0.15) is 0 Å². The maximum atomic E-state index is 12.6. The molecule has 0 saturated carbocycles. The zero-order valence-electron chi connectivity index (χ0n) is 10.8. The van der Waals surface area contributed by atoms with E-state index in [4.69, 9.17) is 20.8 Å². The molecule has 0 N–H and O–H groups in total. The molecule has 21 heavy (non-hydrogen) atoms. The minimum Gasteiger partial charge on any atom is -0.474 e. The monoisotopic (exact) mass is 316 g/mol. The van der Waals surface area contributed by atoms with Gasteiger partial charge >= 0.3 is 0 Å². The number of rotatable bonds is 1. The summed E-state index contributed by atoms with van der Waals surface area (Å²) in [6.45, 7) is 3.77. The van der Waals surface area contributed by atoms with Crippen molar-refractivity contribution in [1.82, 2.24) is 0 Å². The topological polar surface area (TPSA) is 39.4 Å². The van der Waals surface area contributed by atoms with Gasteiger partial charge in [-0.15, -0.1) is 11.3 Å². The number of fused-ring (bicyclic) bond motifs is 4. The van der Waals surface area contributed by atoms with E-state index in [2.05, 4.69) is 6.58 Å². The molecule has 1 unspecified atom stereocenters. The highest BCUT2D eigenvalue weighted by molar-refractivity contribution is 7.13. The second kappa shape index (κ2) is 4.48. The third-order valence-electron chi connectivity index (χ3n) is 3.48. The first kappa shape index (κ1) is 12.7. The molecular formula is C16H9ClO3S. The van der Waals surface area contributed by atoms with Crippen LogP contribution in [0.4, 0.5) is 0 Å². The van der Waals surface area contributed by atoms with E-state index < -0.39 is 0 Å². The van der Waals surface area contributed by atoms with E-state index in [9.17, 15) is 4.79 Å². The van der Waals surface area contributed by atoms with E-state index in [1.165, 1.54) is 11.3 Å². The summed E-state index contributed by atoms with van der Waals surface area (Å²) in [4.78, 5) is 13.6. The van der Waals surface area contributed by atoms with Crippen LogP contribution in [0.15, 0.2) is 51.5 Å². The maximum Gasteiger partial charge on any atom is 0.235 e. The standard InChI is InChI=1S/C16H9ClO3S/c1-2-11-9-5-6-21-16(9)15-14(19-11)13(18)10-7-8(17)3-4-12(10)20-15/h2-7,11H,1H2. The third-order valence-corrected chi connectivity index (χ3v) is 4.64. The average Bonchev–Trinajstić information content (AvgIpc) is 2.97. The molecule has 0 saturated heterocycles. The van der Waals surface area contributed by atoms with Crippen molar-refractivity contribution in [2.75, 3.05) is 0 Å². The molecule has 0 fully saturated rings. The Hall–Kier alpha value is -2.04. The molecule has 1 atom stereocenters. The Bertz CT molecular complexity index is 938. The molecule has 4 rings (SSSR count). The number of thiophene rings is 1. The van der Waals surface area contributed by atoms with Gasteiger partial charge in [-0.05, 0) is 35.7 Å². The normalized spacial score (nSPS) is 16.1. The fourth-order valence-corrected chi connectivity index (χ4v) is 3.58. The van der Waals surface area contributed by atoms with Crippen LogP contribution in [0.5, 0.6) is 5.75 Å². The van der Waals surface area contributed by atoms with E-state index in [0.717, 1.165) is 10.4 Å². The number of ether oxygens (including phenoxy) is 1. The molecule has 3 aromatic rings. The quantitative estimate of drug-likeness (QED) is 0.606. The first-order chi connectivity index (χ1) is 10.2. The van der Waals surface area contributed by atoms with Gasteiger partial charge < -0.3 is 9.15 Å². The van der Waals surface area contributed by atoms with Gasteiger partial charge in [0.2, 0.25) is 11.2 Å². The van der Waals surface area contributed by atoms with E-state index in [1.54, 1.807) is 24.3 Å². The van der Waals surface area contributed by atoms with Crippen molar-refractivity contribution in [2.24, 2.45) is 0 Å². The summed E-state index contributed by atoms with van der Waals surface area (Å²) < 4.78 is 11.7. The molecule has 2 aromatic heterocycles. The van der Waals surface area contributed by atoms with Crippen LogP contribution in [0.1, 0.15) is 11.7 Å². The lowest BCUT2D eigenvalue weighted by molar-refractivity contribution is 0.243. The first-order valence-electron chi connectivity index (χ1n) is 6.32. The van der Waals surface area contributed by atoms with Crippen LogP contribution < -0.4 is 10.2 Å². The highest BCUT2D eigenvalue weighted by Crippen LogP contribution is 2.45. The summed E-state index contributed by atoms with van der Waals surface area (Å²) in [7, 11) is 0. The third kappa shape index (κ3) is 1.76. The molecule has 3 heterocycles. The fraction of sp³-hybridized carbons (Fsp3) is 0.0625. The largest absolute Gasteiger partial charge is 0.474 e. The predicted molar refractivity (Wildman–Crippen MR) is 84.4 cm³/mol. The SMILES string of the molecule is C=CC1Oc2c(oc3ccc(Cl)cc3c2=O)-c2sccc21.